The van der Waals surface area contributed by atoms with Crippen LogP contribution >= 0.6 is 11.8 Å². The molecule has 0 fully saturated rings. The number of nitrogens with one attached hydrogen (secondary N) is 1. The minimum absolute atomic E-state index is 0.447. The Hall–Kier alpha value is -0.710. The smallest absolute Gasteiger partial charge is 0.327 e. The highest BCUT2D eigenvalue weighted by molar-refractivity contribution is 7.99. The van der Waals surface area contributed by atoms with Crippen molar-refractivity contribution in [1.29, 1.82) is 0 Å². The molecule has 1 unspecified atom stereocenters. The Morgan fingerprint density at radius 3 is 2.53 bits per heavy atom. The van der Waals surface area contributed by atoms with E-state index in [-0.39, 0.29) is 0 Å². The summed E-state index contributed by atoms with van der Waals surface area (Å²) >= 11 is 1.59. The molecule has 4 nitrogen and oxygen atoms in total. The number of carbonyl (C=O) groups is 2. The van der Waals surface area contributed by atoms with Crippen molar-refractivity contribution in [2.24, 2.45) is 0 Å². The summed E-state index contributed by atoms with van der Waals surface area (Å²) in [6, 6.07) is -0.752. The molecule has 0 aromatic rings. The van der Waals surface area contributed by atoms with Gasteiger partial charge >= 0.3 is 5.97 Å². The molecule has 0 bridgehead atoms. The number of amides is 1. The highest BCUT2D eigenvalue weighted by atomic mass is 32.2. The van der Waals surface area contributed by atoms with Crippen LogP contribution in [0, 0.1) is 0 Å². The van der Waals surface area contributed by atoms with Gasteiger partial charge in [-0.2, -0.15) is 11.8 Å². The molecule has 0 radical (unpaired) electrons. The van der Waals surface area contributed by atoms with Crippen LogP contribution in [-0.4, -0.2) is 35.0 Å². The standard InChI is InChI=1S/C12H23NO3S/c1-2-3-4-5-6-7-8-17-9-11(12(15)16)13-10-14/h10-11H,2-9H2,1H3,(H,13,14)(H,15,16). The summed E-state index contributed by atoms with van der Waals surface area (Å²) < 4.78 is 0. The first kappa shape index (κ1) is 16.3. The van der Waals surface area contributed by atoms with E-state index in [1.54, 1.807) is 11.8 Å². The maximum Gasteiger partial charge on any atom is 0.327 e. The molecule has 0 aliphatic rings. The Balaban J connectivity index is 3.36. The van der Waals surface area contributed by atoms with Crippen LogP contribution in [0.3, 0.4) is 0 Å². The Kier molecular flexibility index (Phi) is 11.3. The van der Waals surface area contributed by atoms with Crippen molar-refractivity contribution in [2.45, 2.75) is 51.5 Å². The molecule has 0 aliphatic heterocycles. The van der Waals surface area contributed by atoms with E-state index in [2.05, 4.69) is 12.2 Å². The van der Waals surface area contributed by atoms with E-state index >= 15 is 0 Å². The van der Waals surface area contributed by atoms with Crippen LogP contribution in [0.15, 0.2) is 0 Å². The Bertz CT molecular complexity index is 212. The molecule has 0 saturated heterocycles. The number of aliphatic carboxylic acids is 1. The van der Waals surface area contributed by atoms with Gasteiger partial charge in [-0.3, -0.25) is 4.79 Å². The van der Waals surface area contributed by atoms with Crippen molar-refractivity contribution in [3.63, 3.8) is 0 Å². The zero-order valence-corrected chi connectivity index (χ0v) is 11.3. The first-order valence-electron chi connectivity index (χ1n) is 6.22. The monoisotopic (exact) mass is 261 g/mol. The van der Waals surface area contributed by atoms with Crippen LogP contribution in [0.2, 0.25) is 0 Å². The number of unbranched alkanes of at least 4 members (excludes halogenated alkanes) is 5. The quantitative estimate of drug-likeness (QED) is 0.418. The largest absolute Gasteiger partial charge is 0.480 e. The van der Waals surface area contributed by atoms with Crippen molar-refractivity contribution < 1.29 is 14.7 Å². The van der Waals surface area contributed by atoms with Crippen LogP contribution in [0.1, 0.15) is 45.4 Å². The second-order valence-corrected chi connectivity index (χ2v) is 5.17. The first-order valence-corrected chi connectivity index (χ1v) is 7.38. The lowest BCUT2D eigenvalue weighted by Crippen LogP contribution is -2.37. The number of hydrogen-bond acceptors (Lipinski definition) is 3. The van der Waals surface area contributed by atoms with E-state index in [1.807, 2.05) is 0 Å². The molecule has 1 atom stereocenters. The second-order valence-electron chi connectivity index (χ2n) is 4.02. The zero-order valence-electron chi connectivity index (χ0n) is 10.5. The average Bonchev–Trinajstić information content (AvgIpc) is 2.31. The Labute approximate surface area is 108 Å². The molecule has 0 aliphatic carbocycles. The molecule has 0 spiro atoms. The summed E-state index contributed by atoms with van der Waals surface area (Å²) in [7, 11) is 0. The van der Waals surface area contributed by atoms with Crippen molar-refractivity contribution >= 4 is 24.1 Å². The summed E-state index contributed by atoms with van der Waals surface area (Å²) in [5.41, 5.74) is 0. The van der Waals surface area contributed by atoms with Crippen molar-refractivity contribution in [1.82, 2.24) is 5.32 Å². The molecule has 0 rings (SSSR count). The summed E-state index contributed by atoms with van der Waals surface area (Å²) in [5, 5.41) is 11.1. The van der Waals surface area contributed by atoms with Gasteiger partial charge in [0, 0.05) is 5.75 Å². The Morgan fingerprint density at radius 1 is 1.29 bits per heavy atom. The summed E-state index contributed by atoms with van der Waals surface area (Å²) in [6.45, 7) is 2.20. The van der Waals surface area contributed by atoms with Gasteiger partial charge in [0.1, 0.15) is 6.04 Å². The lowest BCUT2D eigenvalue weighted by atomic mass is 10.1. The van der Waals surface area contributed by atoms with Crippen LogP contribution < -0.4 is 5.32 Å². The Morgan fingerprint density at radius 2 is 1.94 bits per heavy atom. The lowest BCUT2D eigenvalue weighted by Gasteiger charge is -2.10. The van der Waals surface area contributed by atoms with Gasteiger partial charge < -0.3 is 10.4 Å². The summed E-state index contributed by atoms with van der Waals surface area (Å²) in [5.74, 6) is 0.451. The predicted molar refractivity (Wildman–Crippen MR) is 71.3 cm³/mol. The molecular weight excluding hydrogens is 238 g/mol. The number of carboxylic acid groups (broad SMARTS) is 1. The molecule has 5 heteroatoms. The highest BCUT2D eigenvalue weighted by Gasteiger charge is 2.15. The molecule has 0 aromatic carbocycles. The van der Waals surface area contributed by atoms with Crippen LogP contribution in [0.4, 0.5) is 0 Å². The minimum Gasteiger partial charge on any atom is -0.480 e. The predicted octanol–water partition coefficient (Wildman–Crippen LogP) is 2.28. The zero-order chi connectivity index (χ0) is 12.9. The van der Waals surface area contributed by atoms with Crippen molar-refractivity contribution in [3.05, 3.63) is 0 Å². The fourth-order valence-electron chi connectivity index (χ4n) is 1.46. The van der Waals surface area contributed by atoms with Gasteiger partial charge in [0.15, 0.2) is 0 Å². The van der Waals surface area contributed by atoms with Gasteiger partial charge in [0.05, 0.1) is 0 Å². The second kappa shape index (κ2) is 11.8. The number of carbonyl (C=O) groups excluding carboxylic acids is 1. The van der Waals surface area contributed by atoms with E-state index in [9.17, 15) is 9.59 Å². The van der Waals surface area contributed by atoms with Gasteiger partial charge in [0.2, 0.25) is 6.41 Å². The summed E-state index contributed by atoms with van der Waals surface area (Å²) in [6.07, 6.45) is 7.91. The fourth-order valence-corrected chi connectivity index (χ4v) is 2.51. The van der Waals surface area contributed by atoms with E-state index in [1.165, 1.54) is 32.1 Å². The molecule has 100 valence electrons. The number of carboxylic acids is 1. The molecule has 1 amide bonds. The van der Waals surface area contributed by atoms with Gasteiger partial charge in [-0.15, -0.1) is 0 Å². The molecular formula is C12H23NO3S. The third kappa shape index (κ3) is 10.2. The van der Waals surface area contributed by atoms with E-state index in [4.69, 9.17) is 5.11 Å². The van der Waals surface area contributed by atoms with Crippen LogP contribution in [0.25, 0.3) is 0 Å². The van der Waals surface area contributed by atoms with E-state index in [0.717, 1.165) is 12.2 Å². The SMILES string of the molecule is CCCCCCCCSCC(NC=O)C(=O)O. The number of rotatable bonds is 12. The van der Waals surface area contributed by atoms with Gasteiger partial charge in [-0.05, 0) is 12.2 Å². The van der Waals surface area contributed by atoms with E-state index in [0.29, 0.717) is 12.2 Å². The highest BCUT2D eigenvalue weighted by Crippen LogP contribution is 2.10. The third-order valence-corrected chi connectivity index (χ3v) is 3.64. The van der Waals surface area contributed by atoms with Gasteiger partial charge in [0.25, 0.3) is 0 Å². The number of thioether (sulfide) groups is 1. The topological polar surface area (TPSA) is 66.4 Å². The first-order chi connectivity index (χ1) is 8.22. The normalized spacial score (nSPS) is 12.1. The van der Waals surface area contributed by atoms with Gasteiger partial charge in [-0.1, -0.05) is 39.0 Å². The molecule has 0 heterocycles. The van der Waals surface area contributed by atoms with Crippen molar-refractivity contribution in [2.75, 3.05) is 11.5 Å². The molecule has 2 N–H and O–H groups in total. The van der Waals surface area contributed by atoms with E-state index < -0.39 is 12.0 Å². The fraction of sp³-hybridized carbons (Fsp3) is 0.833. The minimum atomic E-state index is -0.965. The average molecular weight is 261 g/mol. The van der Waals surface area contributed by atoms with Crippen molar-refractivity contribution in [3.8, 4) is 0 Å². The maximum atomic E-state index is 10.7. The molecule has 17 heavy (non-hydrogen) atoms. The number of hydrogen-bond donors (Lipinski definition) is 2. The van der Waals surface area contributed by atoms with Crippen LogP contribution in [0.5, 0.6) is 0 Å². The molecule has 0 saturated carbocycles. The summed E-state index contributed by atoms with van der Waals surface area (Å²) in [4.78, 5) is 20.9. The maximum absolute atomic E-state index is 10.7. The lowest BCUT2D eigenvalue weighted by molar-refractivity contribution is -0.139. The van der Waals surface area contributed by atoms with Crippen LogP contribution in [-0.2, 0) is 9.59 Å². The van der Waals surface area contributed by atoms with Gasteiger partial charge in [-0.25, -0.2) is 4.79 Å². The molecule has 0 aromatic heterocycles. The third-order valence-electron chi connectivity index (χ3n) is 2.49.